The molecule has 1 amide bonds. The van der Waals surface area contributed by atoms with E-state index in [1.54, 1.807) is 23.6 Å². The van der Waals surface area contributed by atoms with Gasteiger partial charge in [0, 0.05) is 66.1 Å². The summed E-state index contributed by atoms with van der Waals surface area (Å²) in [7, 11) is 0. The molecule has 1 unspecified atom stereocenters. The number of amides is 1. The third kappa shape index (κ3) is 2.78. The van der Waals surface area contributed by atoms with Crippen molar-refractivity contribution in [2.75, 3.05) is 36.0 Å². The predicted molar refractivity (Wildman–Crippen MR) is 180 cm³/mol. The van der Waals surface area contributed by atoms with Gasteiger partial charge in [0.15, 0.2) is 6.23 Å². The van der Waals surface area contributed by atoms with Crippen molar-refractivity contribution in [1.82, 2.24) is 9.80 Å². The average Bonchev–Trinajstić information content (AvgIpc) is 3.83. The zero-order chi connectivity index (χ0) is 30.7. The molecule has 6 fully saturated rings. The maximum Gasteiger partial charge on any atom is 0.224 e. The molecule has 6 heteroatoms. The second-order valence-corrected chi connectivity index (χ2v) is 15.8. The third-order valence-corrected chi connectivity index (χ3v) is 14.8. The summed E-state index contributed by atoms with van der Waals surface area (Å²) in [6.07, 6.45) is 11.6. The summed E-state index contributed by atoms with van der Waals surface area (Å²) >= 11 is 0. The van der Waals surface area contributed by atoms with Gasteiger partial charge in [-0.2, -0.15) is 0 Å². The first kappa shape index (κ1) is 26.7. The number of anilines is 2. The SMILES string of the molecule is C/C=C1/CN2CC[C@@]34c5ccccc5N5C([C@H]6[C@@H]7N(C(C)=O)c8ccccc8[C@@]78CCN7C/C(=C/C)[C@@H]6C[C@H]78)OC=C([C@H]1C[C@H]23)[C@H]54. The Kier molecular flexibility index (Phi) is 5.08. The van der Waals surface area contributed by atoms with Crippen LogP contribution in [0.3, 0.4) is 0 Å². The van der Waals surface area contributed by atoms with E-state index in [0.717, 1.165) is 44.7 Å². The first-order valence-corrected chi connectivity index (χ1v) is 17.9. The van der Waals surface area contributed by atoms with E-state index in [9.17, 15) is 4.79 Å². The molecule has 4 bridgehead atoms. The second kappa shape index (κ2) is 8.76. The quantitative estimate of drug-likeness (QED) is 0.384. The number of para-hydroxylation sites is 2. The Morgan fingerprint density at radius 2 is 1.50 bits per heavy atom. The van der Waals surface area contributed by atoms with Gasteiger partial charge in [0.2, 0.25) is 5.91 Å². The molecule has 7 aliphatic heterocycles. The van der Waals surface area contributed by atoms with Gasteiger partial charge in [-0.3, -0.25) is 14.6 Å². The number of benzene rings is 2. The van der Waals surface area contributed by atoms with Gasteiger partial charge in [-0.25, -0.2) is 0 Å². The van der Waals surface area contributed by atoms with Crippen LogP contribution in [0.2, 0.25) is 0 Å². The average molecular weight is 613 g/mol. The minimum atomic E-state index is -0.137. The summed E-state index contributed by atoms with van der Waals surface area (Å²) in [6.45, 7) is 10.7. The molecule has 4 saturated heterocycles. The maximum atomic E-state index is 13.9. The molecule has 2 spiro atoms. The molecule has 2 aromatic carbocycles. The summed E-state index contributed by atoms with van der Waals surface area (Å²) in [6, 6.07) is 19.7. The van der Waals surface area contributed by atoms with Gasteiger partial charge >= 0.3 is 0 Å². The number of allylic oxidation sites excluding steroid dienone is 2. The number of rotatable bonds is 1. The third-order valence-electron chi connectivity index (χ3n) is 14.8. The number of hydrogen-bond donors (Lipinski definition) is 0. The van der Waals surface area contributed by atoms with Crippen molar-refractivity contribution in [2.24, 2.45) is 17.8 Å². The van der Waals surface area contributed by atoms with Crippen LogP contribution in [0.25, 0.3) is 0 Å². The lowest BCUT2D eigenvalue weighted by molar-refractivity contribution is -0.119. The number of piperidine rings is 2. The van der Waals surface area contributed by atoms with Crippen molar-refractivity contribution < 1.29 is 9.53 Å². The normalized spacial score (nSPS) is 44.1. The molecule has 2 aliphatic carbocycles. The zero-order valence-electron chi connectivity index (χ0n) is 27.2. The van der Waals surface area contributed by atoms with Crippen LogP contribution in [-0.4, -0.2) is 72.3 Å². The molecular weight excluding hydrogens is 568 g/mol. The molecule has 2 saturated carbocycles. The number of carbonyl (C=O) groups is 1. The van der Waals surface area contributed by atoms with Crippen molar-refractivity contribution in [1.29, 1.82) is 0 Å². The smallest absolute Gasteiger partial charge is 0.224 e. The van der Waals surface area contributed by atoms with Crippen LogP contribution >= 0.6 is 0 Å². The highest BCUT2D eigenvalue weighted by Gasteiger charge is 2.73. The van der Waals surface area contributed by atoms with E-state index in [1.165, 1.54) is 29.7 Å². The summed E-state index contributed by atoms with van der Waals surface area (Å²) in [5.74, 6) is 1.15. The molecule has 0 N–H and O–H groups in total. The number of ether oxygens (including phenoxy) is 1. The maximum absolute atomic E-state index is 13.9. The van der Waals surface area contributed by atoms with Crippen molar-refractivity contribution in [2.45, 2.75) is 87.7 Å². The first-order valence-electron chi connectivity index (χ1n) is 17.9. The standard InChI is InChI=1S/C40H44N4O2/c1-4-24-20-41-16-14-39-30-11-7-9-13-32(30)44-36(39)28(26(24)18-33(39)41)22-46-38(44)35-27-19-34-40(15-17-42(34)21-25(27)5-2)29-10-6-8-12-31(29)43(23(3)45)37(35)40/h4-13,22,26-27,33-38H,14-21H2,1-3H3/b24-4-,25-5-/t26-,27-,33-,34-,35+,36-,37-,38?,39+,40+/m0/s1. The van der Waals surface area contributed by atoms with E-state index in [1.807, 2.05) is 0 Å². The lowest BCUT2D eigenvalue weighted by Crippen LogP contribution is -2.71. The Balaban J connectivity index is 1.16. The molecule has 9 aliphatic rings. The van der Waals surface area contributed by atoms with Gasteiger partial charge in [-0.15, -0.1) is 0 Å². The summed E-state index contributed by atoms with van der Waals surface area (Å²) in [4.78, 5) is 24.5. The zero-order valence-corrected chi connectivity index (χ0v) is 27.2. The Morgan fingerprint density at radius 3 is 2.24 bits per heavy atom. The lowest BCUT2D eigenvalue weighted by Gasteiger charge is -2.61. The number of fused-ring (bicyclic) bond motifs is 6. The predicted octanol–water partition coefficient (Wildman–Crippen LogP) is 5.75. The molecule has 7 heterocycles. The fourth-order valence-electron chi connectivity index (χ4n) is 13.4. The number of carbonyl (C=O) groups excluding carboxylic acids is 1. The van der Waals surface area contributed by atoms with Crippen LogP contribution in [-0.2, 0) is 20.4 Å². The van der Waals surface area contributed by atoms with E-state index in [-0.39, 0.29) is 34.9 Å². The van der Waals surface area contributed by atoms with Crippen LogP contribution in [0.5, 0.6) is 0 Å². The molecule has 236 valence electrons. The monoisotopic (exact) mass is 612 g/mol. The van der Waals surface area contributed by atoms with E-state index in [0.29, 0.717) is 30.0 Å². The van der Waals surface area contributed by atoms with Crippen LogP contribution < -0.4 is 9.80 Å². The lowest BCUT2D eigenvalue weighted by atomic mass is 9.54. The van der Waals surface area contributed by atoms with Gasteiger partial charge in [0.05, 0.1) is 18.3 Å². The van der Waals surface area contributed by atoms with Crippen LogP contribution in [0.15, 0.2) is 83.7 Å². The number of nitrogens with zero attached hydrogens (tertiary/aromatic N) is 4. The van der Waals surface area contributed by atoms with E-state index in [4.69, 9.17) is 4.74 Å². The minimum Gasteiger partial charge on any atom is -0.478 e. The molecule has 0 aromatic heterocycles. The van der Waals surface area contributed by atoms with Gasteiger partial charge in [0.25, 0.3) is 0 Å². The van der Waals surface area contributed by atoms with Crippen LogP contribution in [0.1, 0.15) is 57.6 Å². The van der Waals surface area contributed by atoms with E-state index in [2.05, 4.69) is 100 Å². The van der Waals surface area contributed by atoms with Gasteiger partial charge in [-0.1, -0.05) is 59.7 Å². The Bertz CT molecular complexity index is 1810. The Labute approximate surface area is 272 Å². The molecule has 10 atom stereocenters. The second-order valence-electron chi connectivity index (χ2n) is 15.8. The molecule has 0 radical (unpaired) electrons. The first-order chi connectivity index (χ1) is 22.5. The Morgan fingerprint density at radius 1 is 0.848 bits per heavy atom. The fraction of sp³-hybridized carbons (Fsp3) is 0.525. The van der Waals surface area contributed by atoms with E-state index >= 15 is 0 Å². The van der Waals surface area contributed by atoms with Crippen molar-refractivity contribution in [3.05, 3.63) is 94.8 Å². The topological polar surface area (TPSA) is 39.3 Å². The van der Waals surface area contributed by atoms with Crippen molar-refractivity contribution in [3.63, 3.8) is 0 Å². The highest BCUT2D eigenvalue weighted by atomic mass is 16.5. The van der Waals surface area contributed by atoms with Crippen molar-refractivity contribution in [3.8, 4) is 0 Å². The van der Waals surface area contributed by atoms with Gasteiger partial charge in [-0.05, 0) is 87.4 Å². The van der Waals surface area contributed by atoms with E-state index < -0.39 is 0 Å². The number of hydrogen-bond acceptors (Lipinski definition) is 5. The molecular formula is C40H44N4O2. The minimum absolute atomic E-state index is 0.0596. The summed E-state index contributed by atoms with van der Waals surface area (Å²) < 4.78 is 7.33. The van der Waals surface area contributed by atoms with Crippen LogP contribution in [0, 0.1) is 17.8 Å². The Hall–Kier alpha value is -3.35. The molecule has 2 aromatic rings. The van der Waals surface area contributed by atoms with Gasteiger partial charge < -0.3 is 14.5 Å². The molecule has 46 heavy (non-hydrogen) atoms. The van der Waals surface area contributed by atoms with Gasteiger partial charge in [0.1, 0.15) is 0 Å². The summed E-state index contributed by atoms with van der Waals surface area (Å²) in [5.41, 5.74) is 10.1. The molecule has 11 rings (SSSR count). The van der Waals surface area contributed by atoms with Crippen LogP contribution in [0.4, 0.5) is 11.4 Å². The van der Waals surface area contributed by atoms with Crippen molar-refractivity contribution >= 4 is 17.3 Å². The largest absolute Gasteiger partial charge is 0.478 e. The highest BCUT2D eigenvalue weighted by molar-refractivity contribution is 5.96. The molecule has 6 nitrogen and oxygen atoms in total. The fourth-order valence-corrected chi connectivity index (χ4v) is 13.4. The summed E-state index contributed by atoms with van der Waals surface area (Å²) in [5, 5.41) is 0. The highest BCUT2D eigenvalue weighted by Crippen LogP contribution is 2.68.